The third-order valence-corrected chi connectivity index (χ3v) is 3.58. The summed E-state index contributed by atoms with van der Waals surface area (Å²) in [6.45, 7) is 15.4. The van der Waals surface area contributed by atoms with E-state index in [0.29, 0.717) is 6.04 Å². The van der Waals surface area contributed by atoms with Crippen molar-refractivity contribution in [2.45, 2.75) is 39.7 Å². The normalized spacial score (nSPS) is 21.2. The molecular weight excluding hydrogens is 198 g/mol. The van der Waals surface area contributed by atoms with Gasteiger partial charge in [0.25, 0.3) is 0 Å². The lowest BCUT2D eigenvalue weighted by molar-refractivity contribution is 0.135. The first-order valence-electron chi connectivity index (χ1n) is 6.94. The van der Waals surface area contributed by atoms with Gasteiger partial charge in [-0.1, -0.05) is 13.8 Å². The summed E-state index contributed by atoms with van der Waals surface area (Å²) in [4.78, 5) is 5.16. The van der Waals surface area contributed by atoms with Crippen LogP contribution in [0.4, 0.5) is 0 Å². The van der Waals surface area contributed by atoms with Gasteiger partial charge in [-0.05, 0) is 39.4 Å². The van der Waals surface area contributed by atoms with Gasteiger partial charge in [0.1, 0.15) is 0 Å². The number of nitrogens with one attached hydrogen (secondary N) is 1. The summed E-state index contributed by atoms with van der Waals surface area (Å²) in [5, 5.41) is 3.47. The maximum atomic E-state index is 3.47. The van der Waals surface area contributed by atoms with E-state index in [0.717, 1.165) is 6.54 Å². The quantitative estimate of drug-likeness (QED) is 0.709. The Balaban J connectivity index is 2.02. The first-order chi connectivity index (χ1) is 7.76. The van der Waals surface area contributed by atoms with Gasteiger partial charge in [-0.3, -0.25) is 0 Å². The SMILES string of the molecule is CCNC(C)CCCN1CCN(CC)CC1. The summed E-state index contributed by atoms with van der Waals surface area (Å²) in [7, 11) is 0. The Kier molecular flexibility index (Phi) is 7.01. The highest BCUT2D eigenvalue weighted by Crippen LogP contribution is 2.04. The number of nitrogens with zero attached hydrogens (tertiary/aromatic N) is 2. The van der Waals surface area contributed by atoms with E-state index in [9.17, 15) is 0 Å². The van der Waals surface area contributed by atoms with E-state index in [-0.39, 0.29) is 0 Å². The van der Waals surface area contributed by atoms with Crippen LogP contribution in [0.25, 0.3) is 0 Å². The molecule has 0 aromatic carbocycles. The molecule has 0 spiro atoms. The van der Waals surface area contributed by atoms with Crippen LogP contribution in [-0.4, -0.2) is 61.7 Å². The second-order valence-electron chi connectivity index (χ2n) is 4.88. The Labute approximate surface area is 101 Å². The molecule has 1 aliphatic rings. The molecule has 3 nitrogen and oxygen atoms in total. The van der Waals surface area contributed by atoms with Crippen molar-refractivity contribution in [2.24, 2.45) is 0 Å². The molecule has 1 N–H and O–H groups in total. The fourth-order valence-corrected chi connectivity index (χ4v) is 2.40. The van der Waals surface area contributed by atoms with Crippen LogP contribution in [0.15, 0.2) is 0 Å². The Morgan fingerprint density at radius 3 is 2.25 bits per heavy atom. The molecule has 0 aliphatic carbocycles. The lowest BCUT2D eigenvalue weighted by Crippen LogP contribution is -2.46. The standard InChI is InChI=1S/C13H29N3/c1-4-14-13(3)7-6-8-16-11-9-15(5-2)10-12-16/h13-14H,4-12H2,1-3H3. The highest BCUT2D eigenvalue weighted by Gasteiger charge is 2.14. The van der Waals surface area contributed by atoms with Gasteiger partial charge in [-0.25, -0.2) is 0 Å². The number of hydrogen-bond donors (Lipinski definition) is 1. The van der Waals surface area contributed by atoms with Crippen LogP contribution in [0.3, 0.4) is 0 Å². The lowest BCUT2D eigenvalue weighted by Gasteiger charge is -2.34. The minimum Gasteiger partial charge on any atom is -0.315 e. The van der Waals surface area contributed by atoms with E-state index in [2.05, 4.69) is 35.9 Å². The Bertz CT molecular complexity index is 165. The number of hydrogen-bond acceptors (Lipinski definition) is 3. The van der Waals surface area contributed by atoms with Crippen molar-refractivity contribution in [1.29, 1.82) is 0 Å². The molecule has 0 amide bonds. The third kappa shape index (κ3) is 5.28. The van der Waals surface area contributed by atoms with Crippen LogP contribution in [0.5, 0.6) is 0 Å². The molecule has 0 bridgehead atoms. The van der Waals surface area contributed by atoms with Crippen molar-refractivity contribution in [2.75, 3.05) is 45.8 Å². The van der Waals surface area contributed by atoms with Gasteiger partial charge in [0.05, 0.1) is 0 Å². The number of piperazine rings is 1. The van der Waals surface area contributed by atoms with Gasteiger partial charge in [0.2, 0.25) is 0 Å². The maximum absolute atomic E-state index is 3.47. The zero-order valence-corrected chi connectivity index (χ0v) is 11.3. The van der Waals surface area contributed by atoms with E-state index in [1.54, 1.807) is 0 Å². The third-order valence-electron chi connectivity index (χ3n) is 3.58. The summed E-state index contributed by atoms with van der Waals surface area (Å²) >= 11 is 0. The zero-order chi connectivity index (χ0) is 11.8. The summed E-state index contributed by atoms with van der Waals surface area (Å²) in [5.41, 5.74) is 0. The molecule has 1 rings (SSSR count). The highest BCUT2D eigenvalue weighted by molar-refractivity contribution is 4.71. The van der Waals surface area contributed by atoms with E-state index >= 15 is 0 Å². The predicted octanol–water partition coefficient (Wildman–Crippen LogP) is 1.40. The second kappa shape index (κ2) is 8.04. The monoisotopic (exact) mass is 227 g/mol. The Morgan fingerprint density at radius 1 is 1.06 bits per heavy atom. The van der Waals surface area contributed by atoms with Crippen LogP contribution in [0.2, 0.25) is 0 Å². The summed E-state index contributed by atoms with van der Waals surface area (Å²) < 4.78 is 0. The van der Waals surface area contributed by atoms with Crippen LogP contribution >= 0.6 is 0 Å². The van der Waals surface area contributed by atoms with Gasteiger partial charge in [0, 0.05) is 32.2 Å². The lowest BCUT2D eigenvalue weighted by atomic mass is 10.1. The molecule has 96 valence electrons. The topological polar surface area (TPSA) is 18.5 Å². The van der Waals surface area contributed by atoms with E-state index in [1.807, 2.05) is 0 Å². The van der Waals surface area contributed by atoms with Crippen molar-refractivity contribution in [1.82, 2.24) is 15.1 Å². The average Bonchev–Trinajstić information content (AvgIpc) is 2.30. The van der Waals surface area contributed by atoms with Crippen molar-refractivity contribution in [3.8, 4) is 0 Å². The molecule has 0 radical (unpaired) electrons. The van der Waals surface area contributed by atoms with Crippen LogP contribution < -0.4 is 5.32 Å². The smallest absolute Gasteiger partial charge is 0.0110 e. The highest BCUT2D eigenvalue weighted by atomic mass is 15.3. The summed E-state index contributed by atoms with van der Waals surface area (Å²) in [5.74, 6) is 0. The average molecular weight is 227 g/mol. The second-order valence-corrected chi connectivity index (χ2v) is 4.88. The van der Waals surface area contributed by atoms with Gasteiger partial charge in [-0.2, -0.15) is 0 Å². The fourth-order valence-electron chi connectivity index (χ4n) is 2.40. The number of rotatable bonds is 7. The van der Waals surface area contributed by atoms with Gasteiger partial charge in [0.15, 0.2) is 0 Å². The molecular formula is C13H29N3. The molecule has 1 aliphatic heterocycles. The van der Waals surface area contributed by atoms with E-state index in [1.165, 1.54) is 52.1 Å². The molecule has 3 heteroatoms. The van der Waals surface area contributed by atoms with Crippen LogP contribution in [-0.2, 0) is 0 Å². The minimum atomic E-state index is 0.682. The van der Waals surface area contributed by atoms with Gasteiger partial charge < -0.3 is 15.1 Å². The fraction of sp³-hybridized carbons (Fsp3) is 1.00. The first kappa shape index (κ1) is 13.9. The molecule has 1 heterocycles. The Morgan fingerprint density at radius 2 is 1.69 bits per heavy atom. The molecule has 1 fully saturated rings. The summed E-state index contributed by atoms with van der Waals surface area (Å²) in [6, 6.07) is 0.682. The van der Waals surface area contributed by atoms with E-state index in [4.69, 9.17) is 0 Å². The number of likely N-dealkylation sites (N-methyl/N-ethyl adjacent to an activating group) is 1. The van der Waals surface area contributed by atoms with Crippen molar-refractivity contribution < 1.29 is 0 Å². The molecule has 1 saturated heterocycles. The Hall–Kier alpha value is -0.120. The molecule has 1 atom stereocenters. The predicted molar refractivity (Wildman–Crippen MR) is 70.9 cm³/mol. The van der Waals surface area contributed by atoms with E-state index < -0.39 is 0 Å². The molecule has 0 saturated carbocycles. The maximum Gasteiger partial charge on any atom is 0.0110 e. The first-order valence-corrected chi connectivity index (χ1v) is 6.94. The summed E-state index contributed by atoms with van der Waals surface area (Å²) in [6.07, 6.45) is 2.64. The zero-order valence-electron chi connectivity index (χ0n) is 11.3. The van der Waals surface area contributed by atoms with Gasteiger partial charge in [-0.15, -0.1) is 0 Å². The van der Waals surface area contributed by atoms with Gasteiger partial charge >= 0.3 is 0 Å². The largest absolute Gasteiger partial charge is 0.315 e. The van der Waals surface area contributed by atoms with Crippen LogP contribution in [0.1, 0.15) is 33.6 Å². The molecule has 1 unspecified atom stereocenters. The molecule has 0 aromatic heterocycles. The van der Waals surface area contributed by atoms with Crippen molar-refractivity contribution >= 4 is 0 Å². The van der Waals surface area contributed by atoms with Crippen molar-refractivity contribution in [3.05, 3.63) is 0 Å². The van der Waals surface area contributed by atoms with Crippen LogP contribution in [0, 0.1) is 0 Å². The molecule has 16 heavy (non-hydrogen) atoms. The molecule has 0 aromatic rings. The van der Waals surface area contributed by atoms with Crippen molar-refractivity contribution in [3.63, 3.8) is 0 Å². The minimum absolute atomic E-state index is 0.682.